The zero-order chi connectivity index (χ0) is 13.8. The Bertz CT molecular complexity index is 432. The molecule has 20 heavy (non-hydrogen) atoms. The van der Waals surface area contributed by atoms with Gasteiger partial charge >= 0.3 is 0 Å². The molecule has 0 spiro atoms. The summed E-state index contributed by atoms with van der Waals surface area (Å²) in [4.78, 5) is 2.54. The van der Waals surface area contributed by atoms with Crippen LogP contribution in [-0.4, -0.2) is 44.5 Å². The third kappa shape index (κ3) is 2.88. The van der Waals surface area contributed by atoms with Gasteiger partial charge < -0.3 is 9.67 Å². The number of hydrogen-bond acceptors (Lipinski definition) is 4. The van der Waals surface area contributed by atoms with Crippen molar-refractivity contribution < 1.29 is 5.11 Å². The van der Waals surface area contributed by atoms with Crippen LogP contribution in [0.4, 0.5) is 0 Å². The fraction of sp³-hybridized carbons (Fsp3) is 0.867. The Labute approximate surface area is 121 Å². The molecule has 2 aliphatic heterocycles. The van der Waals surface area contributed by atoms with Gasteiger partial charge in [0.05, 0.1) is 6.04 Å². The molecule has 1 aromatic rings. The minimum atomic E-state index is 0.304. The van der Waals surface area contributed by atoms with Crippen LogP contribution in [0.1, 0.15) is 62.6 Å². The number of rotatable bonds is 5. The molecule has 0 radical (unpaired) electrons. The third-order valence-electron chi connectivity index (χ3n) is 4.65. The summed E-state index contributed by atoms with van der Waals surface area (Å²) in [5.74, 6) is 2.39. The van der Waals surface area contributed by atoms with Crippen LogP contribution >= 0.6 is 0 Å². The number of aryl methyl sites for hydroxylation is 1. The van der Waals surface area contributed by atoms with Crippen molar-refractivity contribution in [3.05, 3.63) is 11.6 Å². The summed E-state index contributed by atoms with van der Waals surface area (Å²) < 4.78 is 2.39. The molecule has 1 atom stereocenters. The van der Waals surface area contributed by atoms with E-state index >= 15 is 0 Å². The standard InChI is InChI=1S/C15H26N4O/c20-12-5-4-9-18-10-6-7-13(18)15-17-16-14-8-2-1-3-11-19(14)15/h13,20H,1-12H2. The van der Waals surface area contributed by atoms with Crippen LogP contribution < -0.4 is 0 Å². The van der Waals surface area contributed by atoms with Crippen molar-refractivity contribution in [2.24, 2.45) is 0 Å². The first-order valence-corrected chi connectivity index (χ1v) is 8.17. The molecule has 112 valence electrons. The van der Waals surface area contributed by atoms with E-state index in [-0.39, 0.29) is 0 Å². The molecule has 0 bridgehead atoms. The van der Waals surface area contributed by atoms with Gasteiger partial charge in [0.25, 0.3) is 0 Å². The van der Waals surface area contributed by atoms with Crippen LogP contribution in [0.5, 0.6) is 0 Å². The van der Waals surface area contributed by atoms with Crippen molar-refractivity contribution in [2.75, 3.05) is 19.7 Å². The van der Waals surface area contributed by atoms with Gasteiger partial charge in [-0.15, -0.1) is 10.2 Å². The fourth-order valence-electron chi connectivity index (χ4n) is 3.57. The summed E-state index contributed by atoms with van der Waals surface area (Å²) in [6, 6.07) is 0.452. The molecule has 3 rings (SSSR count). The number of aromatic nitrogens is 3. The van der Waals surface area contributed by atoms with E-state index < -0.39 is 0 Å². The van der Waals surface area contributed by atoms with Crippen LogP contribution in [0.2, 0.25) is 0 Å². The highest BCUT2D eigenvalue weighted by Gasteiger charge is 2.30. The normalized spacial score (nSPS) is 23.8. The van der Waals surface area contributed by atoms with Gasteiger partial charge in [-0.05, 0) is 51.6 Å². The zero-order valence-corrected chi connectivity index (χ0v) is 12.3. The van der Waals surface area contributed by atoms with Gasteiger partial charge in [0.15, 0.2) is 0 Å². The molecule has 5 heteroatoms. The van der Waals surface area contributed by atoms with E-state index in [9.17, 15) is 0 Å². The first-order valence-electron chi connectivity index (χ1n) is 8.17. The molecule has 1 unspecified atom stereocenters. The van der Waals surface area contributed by atoms with E-state index in [2.05, 4.69) is 19.7 Å². The predicted molar refractivity (Wildman–Crippen MR) is 77.4 cm³/mol. The van der Waals surface area contributed by atoms with Crippen LogP contribution in [-0.2, 0) is 13.0 Å². The molecule has 2 aliphatic rings. The van der Waals surface area contributed by atoms with Gasteiger partial charge in [0.2, 0.25) is 0 Å². The van der Waals surface area contributed by atoms with E-state index in [1.54, 1.807) is 0 Å². The molecule has 1 N–H and O–H groups in total. The molecule has 1 saturated heterocycles. The van der Waals surface area contributed by atoms with Gasteiger partial charge in [-0.25, -0.2) is 0 Å². The van der Waals surface area contributed by atoms with E-state index in [0.717, 1.165) is 38.9 Å². The van der Waals surface area contributed by atoms with E-state index in [1.165, 1.54) is 43.8 Å². The number of unbranched alkanes of at least 4 members (excludes halogenated alkanes) is 1. The lowest BCUT2D eigenvalue weighted by Crippen LogP contribution is -2.27. The van der Waals surface area contributed by atoms with Crippen molar-refractivity contribution in [1.29, 1.82) is 0 Å². The second-order valence-corrected chi connectivity index (χ2v) is 6.06. The molecule has 0 aliphatic carbocycles. The molecule has 0 aromatic carbocycles. The molecule has 0 saturated carbocycles. The summed E-state index contributed by atoms with van der Waals surface area (Å²) in [5.41, 5.74) is 0. The molecule has 5 nitrogen and oxygen atoms in total. The second-order valence-electron chi connectivity index (χ2n) is 6.06. The van der Waals surface area contributed by atoms with Gasteiger partial charge in [-0.3, -0.25) is 4.90 Å². The Morgan fingerprint density at radius 3 is 2.90 bits per heavy atom. The Hall–Kier alpha value is -0.940. The van der Waals surface area contributed by atoms with Crippen molar-refractivity contribution in [3.63, 3.8) is 0 Å². The van der Waals surface area contributed by atoms with Crippen LogP contribution in [0, 0.1) is 0 Å². The summed E-state index contributed by atoms with van der Waals surface area (Å²) in [6.07, 6.45) is 9.36. The number of nitrogens with zero attached hydrogens (tertiary/aromatic N) is 4. The van der Waals surface area contributed by atoms with Gasteiger partial charge in [-0.2, -0.15) is 0 Å². The lowest BCUT2D eigenvalue weighted by molar-refractivity contribution is 0.221. The lowest BCUT2D eigenvalue weighted by Gasteiger charge is -2.24. The van der Waals surface area contributed by atoms with Gasteiger partial charge in [0, 0.05) is 19.6 Å². The predicted octanol–water partition coefficient (Wildman–Crippen LogP) is 1.91. The number of fused-ring (bicyclic) bond motifs is 1. The van der Waals surface area contributed by atoms with Crippen LogP contribution in [0.15, 0.2) is 0 Å². The highest BCUT2D eigenvalue weighted by Crippen LogP contribution is 2.32. The van der Waals surface area contributed by atoms with E-state index in [1.807, 2.05) is 0 Å². The second kappa shape index (κ2) is 6.68. The van der Waals surface area contributed by atoms with Crippen LogP contribution in [0.3, 0.4) is 0 Å². The van der Waals surface area contributed by atoms with E-state index in [4.69, 9.17) is 5.11 Å². The highest BCUT2D eigenvalue weighted by molar-refractivity contribution is 5.05. The van der Waals surface area contributed by atoms with Crippen molar-refractivity contribution in [2.45, 2.75) is 64.0 Å². The average Bonchev–Trinajstić information content (AvgIpc) is 3.00. The summed E-state index contributed by atoms with van der Waals surface area (Å²) >= 11 is 0. The van der Waals surface area contributed by atoms with Gasteiger partial charge in [-0.1, -0.05) is 6.42 Å². The molecule has 1 fully saturated rings. The first kappa shape index (κ1) is 14.0. The Morgan fingerprint density at radius 2 is 2.00 bits per heavy atom. The Balaban J connectivity index is 1.72. The van der Waals surface area contributed by atoms with Gasteiger partial charge in [0.1, 0.15) is 11.6 Å². The van der Waals surface area contributed by atoms with Crippen molar-refractivity contribution >= 4 is 0 Å². The maximum atomic E-state index is 8.93. The van der Waals surface area contributed by atoms with Crippen LogP contribution in [0.25, 0.3) is 0 Å². The third-order valence-corrected chi connectivity index (χ3v) is 4.65. The monoisotopic (exact) mass is 278 g/mol. The highest BCUT2D eigenvalue weighted by atomic mass is 16.2. The molecular formula is C15H26N4O. The smallest absolute Gasteiger partial charge is 0.150 e. The molecular weight excluding hydrogens is 252 g/mol. The number of likely N-dealkylation sites (tertiary alicyclic amines) is 1. The lowest BCUT2D eigenvalue weighted by atomic mass is 10.2. The van der Waals surface area contributed by atoms with E-state index in [0.29, 0.717) is 12.6 Å². The largest absolute Gasteiger partial charge is 0.396 e. The number of aliphatic hydroxyl groups excluding tert-OH is 1. The SMILES string of the molecule is OCCCCN1CCCC1c1nnc2n1CCCCC2. The Kier molecular flexibility index (Phi) is 4.68. The number of aliphatic hydroxyl groups is 1. The Morgan fingerprint density at radius 1 is 1.05 bits per heavy atom. The zero-order valence-electron chi connectivity index (χ0n) is 12.3. The summed E-state index contributed by atoms with van der Waals surface area (Å²) in [7, 11) is 0. The minimum absolute atomic E-state index is 0.304. The summed E-state index contributed by atoms with van der Waals surface area (Å²) in [5, 5.41) is 17.9. The van der Waals surface area contributed by atoms with Crippen molar-refractivity contribution in [1.82, 2.24) is 19.7 Å². The maximum Gasteiger partial charge on any atom is 0.150 e. The van der Waals surface area contributed by atoms with Crippen molar-refractivity contribution in [3.8, 4) is 0 Å². The summed E-state index contributed by atoms with van der Waals surface area (Å²) in [6.45, 7) is 3.64. The quantitative estimate of drug-likeness (QED) is 0.836. The maximum absolute atomic E-state index is 8.93. The molecule has 3 heterocycles. The first-order chi connectivity index (χ1) is 9.90. The molecule has 1 aromatic heterocycles. The molecule has 0 amide bonds. The minimum Gasteiger partial charge on any atom is -0.396 e. The average molecular weight is 278 g/mol. The fourth-order valence-corrected chi connectivity index (χ4v) is 3.57. The number of hydrogen-bond donors (Lipinski definition) is 1. The topological polar surface area (TPSA) is 54.2 Å².